The summed E-state index contributed by atoms with van der Waals surface area (Å²) in [6, 6.07) is 0. The fourth-order valence-corrected chi connectivity index (χ4v) is 1.11. The van der Waals surface area contributed by atoms with E-state index in [1.54, 1.807) is 6.21 Å². The van der Waals surface area contributed by atoms with Crippen molar-refractivity contribution in [3.8, 4) is 0 Å². The first kappa shape index (κ1) is 5.86. The van der Waals surface area contributed by atoms with E-state index in [2.05, 4.69) is 11.1 Å². The fraction of sp³-hybridized carbons (Fsp3) is 0.375. The van der Waals surface area contributed by atoms with Gasteiger partial charge in [-0.15, -0.1) is 0 Å². The predicted molar refractivity (Wildman–Crippen MR) is 38.7 cm³/mol. The minimum absolute atomic E-state index is 0.00463. The van der Waals surface area contributed by atoms with Crippen molar-refractivity contribution in [3.05, 3.63) is 24.3 Å². The maximum Gasteiger partial charge on any atom is 0.158 e. The van der Waals surface area contributed by atoms with Crippen LogP contribution in [0, 0.1) is 12.0 Å². The molecule has 1 radical (unpaired) electrons. The van der Waals surface area contributed by atoms with Gasteiger partial charge in [-0.05, 0) is 12.2 Å². The van der Waals surface area contributed by atoms with Crippen molar-refractivity contribution in [1.29, 1.82) is 0 Å². The molecule has 0 bridgehead atoms. The van der Waals surface area contributed by atoms with Gasteiger partial charge in [-0.3, -0.25) is 4.99 Å². The fourth-order valence-electron chi connectivity index (χ4n) is 1.11. The molecule has 2 atom stereocenters. The Balaban J connectivity index is 2.21. The average molecular weight is 134 g/mol. The van der Waals surface area contributed by atoms with Crippen LogP contribution >= 0.6 is 0 Å². The summed E-state index contributed by atoms with van der Waals surface area (Å²) in [6.07, 6.45) is 10.8. The standard InChI is InChI=1S/C8H8NO/c1-3-7-4-2-6-10-8(7)9-5-1/h1-3,5,7-8H,6H2. The first-order valence-corrected chi connectivity index (χ1v) is 3.36. The van der Waals surface area contributed by atoms with E-state index in [0.29, 0.717) is 6.61 Å². The minimum Gasteiger partial charge on any atom is -0.352 e. The zero-order valence-electron chi connectivity index (χ0n) is 5.53. The van der Waals surface area contributed by atoms with Crippen LogP contribution < -0.4 is 0 Å². The molecule has 0 aromatic rings. The third kappa shape index (κ3) is 0.907. The Bertz CT molecular complexity index is 205. The van der Waals surface area contributed by atoms with E-state index in [4.69, 9.17) is 4.74 Å². The molecule has 2 aliphatic rings. The van der Waals surface area contributed by atoms with Gasteiger partial charge in [0.05, 0.1) is 6.61 Å². The molecule has 0 saturated heterocycles. The van der Waals surface area contributed by atoms with Crippen molar-refractivity contribution in [2.75, 3.05) is 6.61 Å². The molecule has 0 N–H and O–H groups in total. The van der Waals surface area contributed by atoms with Gasteiger partial charge in [0.2, 0.25) is 0 Å². The lowest BCUT2D eigenvalue weighted by Crippen LogP contribution is -2.24. The zero-order chi connectivity index (χ0) is 6.81. The van der Waals surface area contributed by atoms with Crippen LogP contribution in [0.15, 0.2) is 23.2 Å². The van der Waals surface area contributed by atoms with Crippen molar-refractivity contribution >= 4 is 6.21 Å². The second-order valence-electron chi connectivity index (χ2n) is 2.30. The molecule has 2 unspecified atom stereocenters. The highest BCUT2D eigenvalue weighted by molar-refractivity contribution is 5.72. The summed E-state index contributed by atoms with van der Waals surface area (Å²) in [5.74, 6) is 0.249. The Morgan fingerprint density at radius 2 is 2.60 bits per heavy atom. The van der Waals surface area contributed by atoms with Crippen LogP contribution in [0.2, 0.25) is 0 Å². The molecule has 0 spiro atoms. The second-order valence-corrected chi connectivity index (χ2v) is 2.30. The molecule has 2 rings (SSSR count). The molecular formula is C8H8NO. The lowest BCUT2D eigenvalue weighted by Gasteiger charge is -2.22. The van der Waals surface area contributed by atoms with Crippen LogP contribution in [0.25, 0.3) is 0 Å². The minimum atomic E-state index is -0.00463. The number of fused-ring (bicyclic) bond motifs is 1. The second kappa shape index (κ2) is 2.39. The Morgan fingerprint density at radius 3 is 3.50 bits per heavy atom. The maximum atomic E-state index is 5.31. The molecule has 0 fully saturated rings. The van der Waals surface area contributed by atoms with Crippen LogP contribution in [-0.2, 0) is 4.74 Å². The number of nitrogens with zero attached hydrogens (tertiary/aromatic N) is 1. The molecule has 2 aliphatic heterocycles. The van der Waals surface area contributed by atoms with Crippen molar-refractivity contribution in [1.82, 2.24) is 0 Å². The Hall–Kier alpha value is -0.890. The van der Waals surface area contributed by atoms with E-state index in [1.165, 1.54) is 0 Å². The smallest absolute Gasteiger partial charge is 0.158 e. The van der Waals surface area contributed by atoms with Gasteiger partial charge in [0.1, 0.15) is 0 Å². The van der Waals surface area contributed by atoms with Crippen molar-refractivity contribution in [3.63, 3.8) is 0 Å². The van der Waals surface area contributed by atoms with Gasteiger partial charge in [-0.25, -0.2) is 0 Å². The number of ether oxygens (including phenoxy) is 1. The molecule has 0 saturated carbocycles. The predicted octanol–water partition coefficient (Wildman–Crippen LogP) is 0.959. The molecule has 2 heteroatoms. The lowest BCUT2D eigenvalue weighted by atomic mass is 10.0. The quantitative estimate of drug-likeness (QED) is 0.483. The Labute approximate surface area is 59.9 Å². The van der Waals surface area contributed by atoms with Gasteiger partial charge < -0.3 is 4.74 Å². The molecule has 0 aromatic carbocycles. The number of hydrogen-bond acceptors (Lipinski definition) is 2. The average Bonchev–Trinajstić information content (AvgIpc) is 2.05. The highest BCUT2D eigenvalue weighted by Gasteiger charge is 2.20. The van der Waals surface area contributed by atoms with Crippen LogP contribution in [0.5, 0.6) is 0 Å². The third-order valence-electron chi connectivity index (χ3n) is 1.61. The van der Waals surface area contributed by atoms with E-state index < -0.39 is 0 Å². The number of allylic oxidation sites excluding steroid dienone is 1. The van der Waals surface area contributed by atoms with Gasteiger partial charge >= 0.3 is 0 Å². The van der Waals surface area contributed by atoms with Crippen molar-refractivity contribution in [2.24, 2.45) is 10.9 Å². The number of hydrogen-bond donors (Lipinski definition) is 0. The lowest BCUT2D eigenvalue weighted by molar-refractivity contribution is 0.0498. The monoisotopic (exact) mass is 134 g/mol. The highest BCUT2D eigenvalue weighted by atomic mass is 16.5. The molecule has 10 heavy (non-hydrogen) atoms. The van der Waals surface area contributed by atoms with E-state index in [0.717, 1.165) is 0 Å². The number of dihydropyridines is 1. The summed E-state index contributed by atoms with van der Waals surface area (Å²) in [5, 5.41) is 0. The topological polar surface area (TPSA) is 21.6 Å². The summed E-state index contributed by atoms with van der Waals surface area (Å²) in [7, 11) is 0. The normalized spacial score (nSPS) is 36.0. The molecule has 2 heterocycles. The van der Waals surface area contributed by atoms with Gasteiger partial charge in [0.25, 0.3) is 0 Å². The molecule has 2 nitrogen and oxygen atoms in total. The summed E-state index contributed by atoms with van der Waals surface area (Å²) in [6.45, 7) is 0.645. The van der Waals surface area contributed by atoms with Crippen LogP contribution in [0.4, 0.5) is 0 Å². The van der Waals surface area contributed by atoms with Crippen molar-refractivity contribution in [2.45, 2.75) is 6.23 Å². The Morgan fingerprint density at radius 1 is 1.60 bits per heavy atom. The Kier molecular flexibility index (Phi) is 1.40. The number of rotatable bonds is 0. The van der Waals surface area contributed by atoms with E-state index in [-0.39, 0.29) is 12.1 Å². The molecular weight excluding hydrogens is 126 g/mol. The summed E-state index contributed by atoms with van der Waals surface area (Å²) < 4.78 is 5.31. The zero-order valence-corrected chi connectivity index (χ0v) is 5.53. The van der Waals surface area contributed by atoms with Crippen LogP contribution in [0.3, 0.4) is 0 Å². The maximum absolute atomic E-state index is 5.31. The largest absolute Gasteiger partial charge is 0.352 e. The number of aliphatic imine (C=N–C) groups is 1. The SMILES string of the molecule is [C]1=CCOC2N=CC=CC12. The molecule has 0 aliphatic carbocycles. The van der Waals surface area contributed by atoms with Gasteiger partial charge in [-0.1, -0.05) is 12.2 Å². The third-order valence-corrected chi connectivity index (χ3v) is 1.61. The highest BCUT2D eigenvalue weighted by Crippen LogP contribution is 2.18. The van der Waals surface area contributed by atoms with E-state index >= 15 is 0 Å². The van der Waals surface area contributed by atoms with Crippen molar-refractivity contribution < 1.29 is 4.74 Å². The summed E-state index contributed by atoms with van der Waals surface area (Å²) in [4.78, 5) is 4.13. The van der Waals surface area contributed by atoms with Gasteiger partial charge in [0.15, 0.2) is 6.23 Å². The van der Waals surface area contributed by atoms with E-state index in [1.807, 2.05) is 18.2 Å². The van der Waals surface area contributed by atoms with Crippen LogP contribution in [0.1, 0.15) is 0 Å². The first-order valence-electron chi connectivity index (χ1n) is 3.36. The molecule has 0 aromatic heterocycles. The van der Waals surface area contributed by atoms with Gasteiger partial charge in [0, 0.05) is 12.1 Å². The summed E-state index contributed by atoms with van der Waals surface area (Å²) in [5.41, 5.74) is 0. The van der Waals surface area contributed by atoms with Crippen LogP contribution in [-0.4, -0.2) is 19.0 Å². The first-order chi connectivity index (χ1) is 4.97. The van der Waals surface area contributed by atoms with E-state index in [9.17, 15) is 0 Å². The molecule has 0 amide bonds. The summed E-state index contributed by atoms with van der Waals surface area (Å²) >= 11 is 0. The van der Waals surface area contributed by atoms with Gasteiger partial charge in [-0.2, -0.15) is 0 Å². The molecule has 51 valence electrons.